The summed E-state index contributed by atoms with van der Waals surface area (Å²) in [5.41, 5.74) is 16.9. The molecule has 0 spiro atoms. The van der Waals surface area contributed by atoms with Crippen LogP contribution in [0, 0.1) is 41.5 Å². The van der Waals surface area contributed by atoms with Crippen LogP contribution in [0.4, 0.5) is 34.1 Å². The van der Waals surface area contributed by atoms with E-state index in [1.54, 1.807) is 0 Å². The second kappa shape index (κ2) is 17.0. The standard InChI is InChI=1S/C60H52N3OP/c1-41-16-13-22-50(40-41)61(56-25-10-7-17-42(56)2)47-28-34-51(35-29-47)65(64,52-36-30-48(31-37-52)62(57-26-11-8-18-43(57)3)58-27-12-9-19-44(58)4)53-38-32-49(33-39-53)63-59-45(5)20-14-23-54(59)55-24-15-21-46(6)60(55)63/h7-40H,1-6H3. The van der Waals surface area contributed by atoms with E-state index in [0.29, 0.717) is 0 Å². The zero-order chi connectivity index (χ0) is 44.8. The molecule has 0 radical (unpaired) electrons. The first-order valence-electron chi connectivity index (χ1n) is 22.4. The maximum absolute atomic E-state index is 16.6. The molecular weight excluding hydrogens is 810 g/mol. The van der Waals surface area contributed by atoms with E-state index in [1.165, 1.54) is 55.2 Å². The van der Waals surface area contributed by atoms with Gasteiger partial charge in [0.25, 0.3) is 0 Å². The quantitative estimate of drug-likeness (QED) is 0.128. The summed E-state index contributed by atoms with van der Waals surface area (Å²) in [5, 5.41) is 4.78. The molecule has 0 aliphatic rings. The number of aryl methyl sites for hydroxylation is 6. The van der Waals surface area contributed by atoms with E-state index in [9.17, 15) is 0 Å². The molecule has 0 aliphatic carbocycles. The molecule has 5 heteroatoms. The Kier molecular flexibility index (Phi) is 10.9. The van der Waals surface area contributed by atoms with E-state index in [1.807, 2.05) is 0 Å². The van der Waals surface area contributed by atoms with Crippen LogP contribution in [-0.4, -0.2) is 4.57 Å². The minimum atomic E-state index is -3.46. The molecule has 1 aromatic heterocycles. The molecule has 1 unspecified atom stereocenters. The number of hydrogen-bond acceptors (Lipinski definition) is 3. The number of rotatable bonds is 10. The van der Waals surface area contributed by atoms with Crippen LogP contribution in [0.5, 0.6) is 0 Å². The smallest absolute Gasteiger partial charge is 0.171 e. The number of anilines is 6. The minimum Gasteiger partial charge on any atom is -0.310 e. The fourth-order valence-corrected chi connectivity index (χ4v) is 12.2. The van der Waals surface area contributed by atoms with Crippen LogP contribution in [0.2, 0.25) is 0 Å². The molecule has 65 heavy (non-hydrogen) atoms. The summed E-state index contributed by atoms with van der Waals surface area (Å²) in [4.78, 5) is 4.60. The first kappa shape index (κ1) is 41.6. The molecular formula is C60H52N3OP. The first-order valence-corrected chi connectivity index (χ1v) is 24.1. The van der Waals surface area contributed by atoms with Gasteiger partial charge in [0.05, 0.1) is 11.0 Å². The lowest BCUT2D eigenvalue weighted by molar-refractivity contribution is 0.592. The molecule has 0 saturated heterocycles. The summed E-state index contributed by atoms with van der Waals surface area (Å²) in [6.45, 7) is 12.9. The molecule has 0 bridgehead atoms. The SMILES string of the molecule is Cc1cccc(N(c2ccc(P(=O)(c3ccc(N(c4ccccc4C)c4ccccc4C)cc3)c3ccc(-n4c5c(C)cccc5c5cccc(C)c54)cc3)cc2)c2ccccc2C)c1. The van der Waals surface area contributed by atoms with Crippen molar-refractivity contribution in [2.75, 3.05) is 9.80 Å². The third kappa shape index (κ3) is 7.34. The topological polar surface area (TPSA) is 28.5 Å². The van der Waals surface area contributed by atoms with Crippen molar-refractivity contribution in [1.82, 2.24) is 4.57 Å². The average molecular weight is 862 g/mol. The Labute approximate surface area is 383 Å². The third-order valence-electron chi connectivity index (χ3n) is 13.0. The largest absolute Gasteiger partial charge is 0.310 e. The van der Waals surface area contributed by atoms with Gasteiger partial charge >= 0.3 is 0 Å². The van der Waals surface area contributed by atoms with Gasteiger partial charge in [0.15, 0.2) is 7.14 Å². The Bertz CT molecular complexity index is 3320. The summed E-state index contributed by atoms with van der Waals surface area (Å²) in [6, 6.07) is 72.4. The van der Waals surface area contributed by atoms with Crippen LogP contribution in [0.15, 0.2) is 206 Å². The van der Waals surface area contributed by atoms with Crippen LogP contribution in [0.1, 0.15) is 33.4 Å². The summed E-state index contributed by atoms with van der Waals surface area (Å²) in [7, 11) is -3.46. The molecule has 4 nitrogen and oxygen atoms in total. The minimum absolute atomic E-state index is 0.772. The van der Waals surface area contributed by atoms with Crippen molar-refractivity contribution >= 4 is 79.0 Å². The first-order chi connectivity index (χ1) is 31.6. The maximum atomic E-state index is 16.6. The highest BCUT2D eigenvalue weighted by atomic mass is 31.2. The van der Waals surface area contributed by atoms with E-state index in [2.05, 4.69) is 262 Å². The van der Waals surface area contributed by atoms with E-state index in [0.717, 1.165) is 55.7 Å². The number of para-hydroxylation sites is 5. The number of nitrogens with zero attached hydrogens (tertiary/aromatic N) is 3. The summed E-state index contributed by atoms with van der Waals surface area (Å²) in [5.74, 6) is 0. The Hall–Kier alpha value is -7.39. The molecule has 0 N–H and O–H groups in total. The lowest BCUT2D eigenvalue weighted by Gasteiger charge is -2.29. The number of fused-ring (bicyclic) bond motifs is 3. The van der Waals surface area contributed by atoms with Crippen molar-refractivity contribution in [2.45, 2.75) is 41.5 Å². The molecule has 1 heterocycles. The van der Waals surface area contributed by atoms with Crippen molar-refractivity contribution in [3.8, 4) is 5.69 Å². The number of hydrogen-bond donors (Lipinski definition) is 0. The Morgan fingerprint density at radius 3 is 1.18 bits per heavy atom. The predicted molar refractivity (Wildman–Crippen MR) is 278 cm³/mol. The molecule has 9 aromatic carbocycles. The lowest BCUT2D eigenvalue weighted by atomic mass is 10.1. The molecule has 1 atom stereocenters. The summed E-state index contributed by atoms with van der Waals surface area (Å²) < 4.78 is 18.9. The van der Waals surface area contributed by atoms with E-state index in [4.69, 9.17) is 0 Å². The average Bonchev–Trinajstić information content (AvgIpc) is 3.68. The van der Waals surface area contributed by atoms with E-state index < -0.39 is 7.14 Å². The van der Waals surface area contributed by atoms with Crippen molar-refractivity contribution in [1.29, 1.82) is 0 Å². The zero-order valence-electron chi connectivity index (χ0n) is 37.8. The van der Waals surface area contributed by atoms with Crippen molar-refractivity contribution < 1.29 is 4.57 Å². The van der Waals surface area contributed by atoms with Crippen molar-refractivity contribution in [3.05, 3.63) is 240 Å². The van der Waals surface area contributed by atoms with E-state index >= 15 is 4.57 Å². The second-order valence-electron chi connectivity index (χ2n) is 17.3. The molecule has 0 saturated carbocycles. The monoisotopic (exact) mass is 861 g/mol. The van der Waals surface area contributed by atoms with Crippen molar-refractivity contribution in [3.63, 3.8) is 0 Å². The number of benzene rings is 9. The Morgan fingerprint density at radius 1 is 0.354 bits per heavy atom. The summed E-state index contributed by atoms with van der Waals surface area (Å²) in [6.07, 6.45) is 0. The van der Waals surface area contributed by atoms with Gasteiger partial charge in [-0.15, -0.1) is 0 Å². The lowest BCUT2D eigenvalue weighted by Crippen LogP contribution is -2.25. The fraction of sp³-hybridized carbons (Fsp3) is 0.100. The van der Waals surface area contributed by atoms with Gasteiger partial charge in [-0.2, -0.15) is 0 Å². The van der Waals surface area contributed by atoms with Crippen LogP contribution in [0.3, 0.4) is 0 Å². The maximum Gasteiger partial charge on any atom is 0.171 e. The van der Waals surface area contributed by atoms with Crippen LogP contribution in [0.25, 0.3) is 27.5 Å². The van der Waals surface area contributed by atoms with Gasteiger partial charge in [0.1, 0.15) is 0 Å². The van der Waals surface area contributed by atoms with Gasteiger partial charge in [-0.1, -0.05) is 103 Å². The predicted octanol–water partition coefficient (Wildman–Crippen LogP) is 15.2. The second-order valence-corrected chi connectivity index (χ2v) is 20.1. The van der Waals surface area contributed by atoms with Gasteiger partial charge in [0.2, 0.25) is 0 Å². The van der Waals surface area contributed by atoms with Gasteiger partial charge < -0.3 is 18.9 Å². The van der Waals surface area contributed by atoms with Gasteiger partial charge in [0, 0.05) is 66.5 Å². The molecule has 0 fully saturated rings. The zero-order valence-corrected chi connectivity index (χ0v) is 38.7. The highest BCUT2D eigenvalue weighted by molar-refractivity contribution is 7.85. The molecule has 0 amide bonds. The molecule has 318 valence electrons. The Balaban J connectivity index is 1.13. The third-order valence-corrected chi connectivity index (χ3v) is 16.0. The van der Waals surface area contributed by atoms with Gasteiger partial charge in [-0.05, 0) is 178 Å². The van der Waals surface area contributed by atoms with Gasteiger partial charge in [-0.3, -0.25) is 0 Å². The van der Waals surface area contributed by atoms with Crippen LogP contribution < -0.4 is 25.7 Å². The number of aromatic nitrogens is 1. The highest BCUT2D eigenvalue weighted by Crippen LogP contribution is 2.46. The van der Waals surface area contributed by atoms with Crippen LogP contribution in [-0.2, 0) is 4.57 Å². The van der Waals surface area contributed by atoms with Gasteiger partial charge in [-0.25, -0.2) is 0 Å². The molecule has 10 rings (SSSR count). The van der Waals surface area contributed by atoms with Crippen molar-refractivity contribution in [2.24, 2.45) is 0 Å². The normalized spacial score (nSPS) is 12.3. The van der Waals surface area contributed by atoms with Crippen LogP contribution >= 0.6 is 7.14 Å². The van der Waals surface area contributed by atoms with E-state index in [-0.39, 0.29) is 0 Å². The fourth-order valence-electron chi connectivity index (χ4n) is 9.64. The highest BCUT2D eigenvalue weighted by Gasteiger charge is 2.31. The molecule has 10 aromatic rings. The molecule has 0 aliphatic heterocycles. The summed E-state index contributed by atoms with van der Waals surface area (Å²) >= 11 is 0. The Morgan fingerprint density at radius 2 is 0.738 bits per heavy atom.